The van der Waals surface area contributed by atoms with E-state index in [2.05, 4.69) is 66.1 Å². The summed E-state index contributed by atoms with van der Waals surface area (Å²) in [7, 11) is 0. The van der Waals surface area contributed by atoms with E-state index in [1.165, 1.54) is 24.8 Å². The van der Waals surface area contributed by atoms with Crippen molar-refractivity contribution in [3.05, 3.63) is 21.6 Å². The van der Waals surface area contributed by atoms with E-state index in [1.54, 1.807) is 0 Å². The predicted molar refractivity (Wildman–Crippen MR) is 88.5 cm³/mol. The largest absolute Gasteiger partial charge is 0.368 e. The number of hydrogen-bond acceptors (Lipinski definition) is 1. The fourth-order valence-electron chi connectivity index (χ4n) is 1.80. The molecule has 0 bridgehead atoms. The molecule has 0 radical (unpaired) electrons. The van der Waals surface area contributed by atoms with Gasteiger partial charge in [-0.15, -0.1) is 6.58 Å². The predicted octanol–water partition coefficient (Wildman–Crippen LogP) is 6.33. The first kappa shape index (κ1) is 18.4. The van der Waals surface area contributed by atoms with Crippen molar-refractivity contribution >= 4 is 31.9 Å². The minimum Gasteiger partial charge on any atom is -0.368 e. The molecule has 0 saturated heterocycles. The molecule has 18 heavy (non-hydrogen) atoms. The summed E-state index contributed by atoms with van der Waals surface area (Å²) in [4.78, 5) is 0. The molecule has 0 aliphatic rings. The second-order valence-corrected chi connectivity index (χ2v) is 8.14. The van der Waals surface area contributed by atoms with Gasteiger partial charge in [-0.05, 0) is 71.0 Å². The zero-order valence-electron chi connectivity index (χ0n) is 12.1. The van der Waals surface area contributed by atoms with Crippen molar-refractivity contribution in [2.24, 2.45) is 0 Å². The van der Waals surface area contributed by atoms with E-state index in [4.69, 9.17) is 4.74 Å². The van der Waals surface area contributed by atoms with E-state index in [9.17, 15) is 0 Å². The fraction of sp³-hybridized carbons (Fsp3) is 0.733. The minimum absolute atomic E-state index is 0.126. The molecule has 0 spiro atoms. The number of unbranched alkanes of at least 4 members (excludes halogenated alkanes) is 2. The molecule has 3 heteroatoms. The van der Waals surface area contributed by atoms with Gasteiger partial charge in [-0.1, -0.05) is 32.3 Å². The lowest BCUT2D eigenvalue weighted by Crippen LogP contribution is -2.29. The van der Waals surface area contributed by atoms with Gasteiger partial charge in [-0.2, -0.15) is 0 Å². The maximum atomic E-state index is 6.19. The van der Waals surface area contributed by atoms with E-state index in [0.29, 0.717) is 0 Å². The topological polar surface area (TPSA) is 9.23 Å². The van der Waals surface area contributed by atoms with Gasteiger partial charge < -0.3 is 4.74 Å². The maximum absolute atomic E-state index is 6.19. The van der Waals surface area contributed by atoms with Crippen LogP contribution in [-0.4, -0.2) is 11.7 Å². The summed E-state index contributed by atoms with van der Waals surface area (Å²) in [5, 5.41) is 0. The lowest BCUT2D eigenvalue weighted by molar-refractivity contribution is -0.0474. The second-order valence-electron chi connectivity index (χ2n) is 5.49. The van der Waals surface area contributed by atoms with Crippen LogP contribution in [0.2, 0.25) is 0 Å². The van der Waals surface area contributed by atoms with Gasteiger partial charge in [0.05, 0.1) is 15.1 Å². The van der Waals surface area contributed by atoms with Crippen LogP contribution >= 0.6 is 31.9 Å². The molecule has 0 aromatic heterocycles. The Morgan fingerprint density at radius 2 is 1.89 bits per heavy atom. The summed E-state index contributed by atoms with van der Waals surface area (Å²) in [5.41, 5.74) is 1.12. The van der Waals surface area contributed by atoms with E-state index in [-0.39, 0.29) is 11.7 Å². The highest BCUT2D eigenvalue weighted by Crippen LogP contribution is 2.31. The van der Waals surface area contributed by atoms with E-state index >= 15 is 0 Å². The zero-order valence-corrected chi connectivity index (χ0v) is 15.2. The Balaban J connectivity index is 4.81. The van der Waals surface area contributed by atoms with Crippen molar-refractivity contribution in [2.75, 3.05) is 0 Å². The first-order chi connectivity index (χ1) is 8.31. The molecule has 1 nitrogen and oxygen atoms in total. The van der Waals surface area contributed by atoms with Gasteiger partial charge in [0.2, 0.25) is 0 Å². The van der Waals surface area contributed by atoms with Gasteiger partial charge in [0.15, 0.2) is 0 Å². The molecule has 0 amide bonds. The zero-order chi connectivity index (χ0) is 14.2. The molecule has 0 aliphatic heterocycles. The monoisotopic (exact) mass is 380 g/mol. The van der Waals surface area contributed by atoms with Crippen LogP contribution in [0.25, 0.3) is 0 Å². The number of allylic oxidation sites excluding steroid dienone is 1. The molecule has 1 atom stereocenters. The molecule has 0 rings (SSSR count). The third kappa shape index (κ3) is 8.49. The molecule has 106 valence electrons. The molecule has 0 heterocycles. The lowest BCUT2D eigenvalue weighted by Gasteiger charge is -2.29. The molecule has 1 unspecified atom stereocenters. The van der Waals surface area contributed by atoms with Gasteiger partial charge in [0.1, 0.15) is 0 Å². The Labute approximate surface area is 129 Å². The van der Waals surface area contributed by atoms with Crippen LogP contribution in [-0.2, 0) is 4.74 Å². The Kier molecular flexibility index (Phi) is 9.53. The van der Waals surface area contributed by atoms with Crippen molar-refractivity contribution in [1.29, 1.82) is 0 Å². The lowest BCUT2D eigenvalue weighted by atomic mass is 10.0. The van der Waals surface area contributed by atoms with Gasteiger partial charge in [-0.25, -0.2) is 0 Å². The highest BCUT2D eigenvalue weighted by atomic mass is 79.9. The van der Waals surface area contributed by atoms with Crippen LogP contribution in [0.4, 0.5) is 0 Å². The third-order valence-corrected chi connectivity index (χ3v) is 3.58. The first-order valence-electron chi connectivity index (χ1n) is 6.64. The SMILES string of the molecule is C=CCC(=C(Br)Br)C(CCCCC)OC(C)(C)C. The molecular weight excluding hydrogens is 356 g/mol. The molecule has 0 aromatic carbocycles. The third-order valence-electron chi connectivity index (χ3n) is 2.56. The second kappa shape index (κ2) is 9.33. The number of rotatable bonds is 8. The van der Waals surface area contributed by atoms with Crippen molar-refractivity contribution in [3.8, 4) is 0 Å². The summed E-state index contributed by atoms with van der Waals surface area (Å²) in [5.74, 6) is 0. The van der Waals surface area contributed by atoms with Gasteiger partial charge in [-0.3, -0.25) is 0 Å². The van der Waals surface area contributed by atoms with Crippen LogP contribution in [0.1, 0.15) is 59.8 Å². The van der Waals surface area contributed by atoms with Crippen molar-refractivity contribution in [2.45, 2.75) is 71.5 Å². The molecule has 0 aromatic rings. The Hall–Kier alpha value is 0.400. The normalized spacial score (nSPS) is 13.2. The van der Waals surface area contributed by atoms with Gasteiger partial charge >= 0.3 is 0 Å². The number of ether oxygens (including phenoxy) is 1. The van der Waals surface area contributed by atoms with Crippen molar-refractivity contribution in [3.63, 3.8) is 0 Å². The van der Waals surface area contributed by atoms with Crippen LogP contribution in [0.5, 0.6) is 0 Å². The average molecular weight is 382 g/mol. The maximum Gasteiger partial charge on any atom is 0.0814 e. The van der Waals surface area contributed by atoms with E-state index in [1.807, 2.05) is 6.08 Å². The molecule has 0 N–H and O–H groups in total. The number of halogens is 2. The Bertz CT molecular complexity index is 273. The van der Waals surface area contributed by atoms with Crippen LogP contribution in [0.15, 0.2) is 21.6 Å². The molecular formula is C15H26Br2O. The van der Waals surface area contributed by atoms with Crippen LogP contribution < -0.4 is 0 Å². The summed E-state index contributed by atoms with van der Waals surface area (Å²) >= 11 is 7.06. The molecule has 0 saturated carbocycles. The summed E-state index contributed by atoms with van der Waals surface area (Å²) < 4.78 is 7.20. The highest BCUT2D eigenvalue weighted by molar-refractivity contribution is 9.28. The molecule has 0 fully saturated rings. The summed E-state index contributed by atoms with van der Waals surface area (Å²) in [6.45, 7) is 12.4. The fourth-order valence-corrected chi connectivity index (χ4v) is 2.63. The standard InChI is InChI=1S/C15H26Br2O/c1-6-8-9-11-13(18-15(3,4)5)12(10-7-2)14(16)17/h7,13H,2,6,8-11H2,1,3-5H3. The quantitative estimate of drug-likeness (QED) is 0.352. The van der Waals surface area contributed by atoms with E-state index < -0.39 is 0 Å². The summed E-state index contributed by atoms with van der Waals surface area (Å²) in [6, 6.07) is 0. The van der Waals surface area contributed by atoms with Crippen LogP contribution in [0, 0.1) is 0 Å². The minimum atomic E-state index is -0.126. The Morgan fingerprint density at radius 3 is 2.28 bits per heavy atom. The van der Waals surface area contributed by atoms with E-state index in [0.717, 1.165) is 16.2 Å². The Morgan fingerprint density at radius 1 is 1.28 bits per heavy atom. The van der Waals surface area contributed by atoms with Crippen molar-refractivity contribution in [1.82, 2.24) is 0 Å². The first-order valence-corrected chi connectivity index (χ1v) is 8.23. The van der Waals surface area contributed by atoms with Crippen molar-refractivity contribution < 1.29 is 4.74 Å². The van der Waals surface area contributed by atoms with Gasteiger partial charge in [0, 0.05) is 0 Å². The number of hydrogen-bond donors (Lipinski definition) is 0. The average Bonchev–Trinajstić information content (AvgIpc) is 2.22. The van der Waals surface area contributed by atoms with Gasteiger partial charge in [0.25, 0.3) is 0 Å². The smallest absolute Gasteiger partial charge is 0.0814 e. The van der Waals surface area contributed by atoms with Crippen LogP contribution in [0.3, 0.4) is 0 Å². The summed E-state index contributed by atoms with van der Waals surface area (Å²) in [6.07, 6.45) is 7.68. The molecule has 0 aliphatic carbocycles. The highest BCUT2D eigenvalue weighted by Gasteiger charge is 2.22.